The maximum Gasteiger partial charge on any atom is 0.319 e. The van der Waals surface area contributed by atoms with Crippen LogP contribution in [0.5, 0.6) is 0 Å². The summed E-state index contributed by atoms with van der Waals surface area (Å²) < 4.78 is 0. The number of urea groups is 1. The Morgan fingerprint density at radius 2 is 1.88 bits per heavy atom. The zero-order valence-electron chi connectivity index (χ0n) is 10.6. The van der Waals surface area contributed by atoms with Crippen LogP contribution >= 0.6 is 0 Å². The van der Waals surface area contributed by atoms with Crippen LogP contribution < -0.4 is 10.6 Å². The molecule has 4 nitrogen and oxygen atoms in total. The summed E-state index contributed by atoms with van der Waals surface area (Å²) in [5.41, 5.74) is 3.02. The van der Waals surface area contributed by atoms with E-state index >= 15 is 0 Å². The maximum atomic E-state index is 11.6. The van der Waals surface area contributed by atoms with Gasteiger partial charge in [-0.05, 0) is 50.5 Å². The number of amides is 2. The zero-order valence-corrected chi connectivity index (χ0v) is 10.6. The molecule has 1 aromatic rings. The number of hydrogen-bond acceptors (Lipinski definition) is 2. The van der Waals surface area contributed by atoms with Crippen molar-refractivity contribution in [1.29, 1.82) is 0 Å². The Morgan fingerprint density at radius 1 is 1.29 bits per heavy atom. The largest absolute Gasteiger partial charge is 0.396 e. The van der Waals surface area contributed by atoms with Crippen LogP contribution in [0.3, 0.4) is 0 Å². The predicted molar refractivity (Wildman–Crippen MR) is 69.2 cm³/mol. The summed E-state index contributed by atoms with van der Waals surface area (Å²) in [7, 11) is 0. The van der Waals surface area contributed by atoms with E-state index in [1.54, 1.807) is 0 Å². The van der Waals surface area contributed by atoms with E-state index < -0.39 is 0 Å². The normalized spacial score (nSPS) is 12.0. The Hall–Kier alpha value is -1.55. The van der Waals surface area contributed by atoms with Crippen LogP contribution in [0.2, 0.25) is 0 Å². The molecule has 0 unspecified atom stereocenters. The maximum absolute atomic E-state index is 11.6. The van der Waals surface area contributed by atoms with Gasteiger partial charge in [-0.3, -0.25) is 0 Å². The first kappa shape index (κ1) is 13.5. The van der Waals surface area contributed by atoms with Gasteiger partial charge in [0.1, 0.15) is 0 Å². The third-order valence-electron chi connectivity index (χ3n) is 2.42. The van der Waals surface area contributed by atoms with Crippen LogP contribution in [0.1, 0.15) is 24.5 Å². The summed E-state index contributed by atoms with van der Waals surface area (Å²) in [6.07, 6.45) is 0.556. The minimum absolute atomic E-state index is 0.0362. The smallest absolute Gasteiger partial charge is 0.319 e. The number of hydrogen-bond donors (Lipinski definition) is 3. The molecule has 0 fully saturated rings. The SMILES string of the molecule is Cc1cc(C)cc(NC(=O)N[C@H](C)CCO)c1. The highest BCUT2D eigenvalue weighted by molar-refractivity contribution is 5.89. The molecule has 0 aliphatic rings. The van der Waals surface area contributed by atoms with Gasteiger partial charge in [0.15, 0.2) is 0 Å². The van der Waals surface area contributed by atoms with Gasteiger partial charge in [-0.2, -0.15) is 0 Å². The summed E-state index contributed by atoms with van der Waals surface area (Å²) in [6.45, 7) is 5.91. The van der Waals surface area contributed by atoms with Crippen LogP contribution in [0, 0.1) is 13.8 Å². The molecule has 3 N–H and O–H groups in total. The molecule has 1 atom stereocenters. The summed E-state index contributed by atoms with van der Waals surface area (Å²) in [5.74, 6) is 0. The van der Waals surface area contributed by atoms with Crippen molar-refractivity contribution in [3.05, 3.63) is 29.3 Å². The summed E-state index contributed by atoms with van der Waals surface area (Å²) in [4.78, 5) is 11.6. The van der Waals surface area contributed by atoms with E-state index in [9.17, 15) is 4.79 Å². The lowest BCUT2D eigenvalue weighted by Crippen LogP contribution is -2.36. The number of carbonyl (C=O) groups is 1. The van der Waals surface area contributed by atoms with Crippen molar-refractivity contribution < 1.29 is 9.90 Å². The number of nitrogens with one attached hydrogen (secondary N) is 2. The van der Waals surface area contributed by atoms with E-state index in [1.165, 1.54) is 0 Å². The minimum Gasteiger partial charge on any atom is -0.396 e. The van der Waals surface area contributed by atoms with Crippen LogP contribution in [0.15, 0.2) is 18.2 Å². The molecule has 0 spiro atoms. The highest BCUT2D eigenvalue weighted by Crippen LogP contribution is 2.13. The lowest BCUT2D eigenvalue weighted by atomic mass is 10.1. The van der Waals surface area contributed by atoms with Gasteiger partial charge in [-0.1, -0.05) is 6.07 Å². The first-order valence-corrected chi connectivity index (χ1v) is 5.78. The molecule has 2 amide bonds. The van der Waals surface area contributed by atoms with E-state index in [-0.39, 0.29) is 18.7 Å². The first-order chi connectivity index (χ1) is 8.01. The summed E-state index contributed by atoms with van der Waals surface area (Å²) >= 11 is 0. The lowest BCUT2D eigenvalue weighted by Gasteiger charge is -2.14. The van der Waals surface area contributed by atoms with Gasteiger partial charge in [0.2, 0.25) is 0 Å². The Labute approximate surface area is 102 Å². The second-order valence-corrected chi connectivity index (χ2v) is 4.39. The number of carbonyl (C=O) groups excluding carboxylic acids is 1. The Balaban J connectivity index is 2.56. The van der Waals surface area contributed by atoms with E-state index in [2.05, 4.69) is 16.7 Å². The number of aliphatic hydroxyl groups excluding tert-OH is 1. The lowest BCUT2D eigenvalue weighted by molar-refractivity contribution is 0.241. The first-order valence-electron chi connectivity index (χ1n) is 5.78. The molecule has 0 aromatic heterocycles. The van der Waals surface area contributed by atoms with Crippen LogP contribution in [-0.2, 0) is 0 Å². The zero-order chi connectivity index (χ0) is 12.8. The molecule has 0 saturated carbocycles. The number of benzene rings is 1. The highest BCUT2D eigenvalue weighted by Gasteiger charge is 2.06. The monoisotopic (exact) mass is 236 g/mol. The Bertz CT molecular complexity index is 371. The molecule has 17 heavy (non-hydrogen) atoms. The second kappa shape index (κ2) is 6.25. The minimum atomic E-state index is -0.240. The molecule has 4 heteroatoms. The van der Waals surface area contributed by atoms with Crippen LogP contribution in [0.25, 0.3) is 0 Å². The molecule has 1 rings (SSSR count). The predicted octanol–water partition coefficient (Wildman–Crippen LogP) is 2.20. The highest BCUT2D eigenvalue weighted by atomic mass is 16.3. The van der Waals surface area contributed by atoms with Crippen molar-refractivity contribution in [2.24, 2.45) is 0 Å². The quantitative estimate of drug-likeness (QED) is 0.750. The van der Waals surface area contributed by atoms with Gasteiger partial charge < -0.3 is 15.7 Å². The number of rotatable bonds is 4. The fourth-order valence-electron chi connectivity index (χ4n) is 1.70. The van der Waals surface area contributed by atoms with Gasteiger partial charge in [0.25, 0.3) is 0 Å². The van der Waals surface area contributed by atoms with E-state index in [1.807, 2.05) is 32.9 Å². The van der Waals surface area contributed by atoms with Crippen molar-refractivity contribution in [2.75, 3.05) is 11.9 Å². The van der Waals surface area contributed by atoms with Crippen LogP contribution in [0.4, 0.5) is 10.5 Å². The standard InChI is InChI=1S/C13H20N2O2/c1-9-6-10(2)8-12(7-9)15-13(17)14-11(3)4-5-16/h6-8,11,16H,4-5H2,1-3H3,(H2,14,15,17)/t11-/m1/s1. The molecule has 1 aromatic carbocycles. The van der Waals surface area contributed by atoms with E-state index in [0.717, 1.165) is 16.8 Å². The van der Waals surface area contributed by atoms with Crippen molar-refractivity contribution in [2.45, 2.75) is 33.2 Å². The van der Waals surface area contributed by atoms with Crippen molar-refractivity contribution >= 4 is 11.7 Å². The third-order valence-corrected chi connectivity index (χ3v) is 2.42. The second-order valence-electron chi connectivity index (χ2n) is 4.39. The van der Waals surface area contributed by atoms with Gasteiger partial charge in [-0.15, -0.1) is 0 Å². The Morgan fingerprint density at radius 3 is 2.41 bits per heavy atom. The molecule has 0 saturated heterocycles. The van der Waals surface area contributed by atoms with Gasteiger partial charge in [0.05, 0.1) is 0 Å². The van der Waals surface area contributed by atoms with Crippen molar-refractivity contribution in [3.8, 4) is 0 Å². The summed E-state index contributed by atoms with van der Waals surface area (Å²) in [5, 5.41) is 14.3. The van der Waals surface area contributed by atoms with Crippen molar-refractivity contribution in [3.63, 3.8) is 0 Å². The van der Waals surface area contributed by atoms with Gasteiger partial charge in [-0.25, -0.2) is 4.79 Å². The molecule has 0 aliphatic heterocycles. The van der Waals surface area contributed by atoms with E-state index in [0.29, 0.717) is 6.42 Å². The Kier molecular flexibility index (Phi) is 4.97. The number of aryl methyl sites for hydroxylation is 2. The van der Waals surface area contributed by atoms with Crippen molar-refractivity contribution in [1.82, 2.24) is 5.32 Å². The molecular formula is C13H20N2O2. The average molecular weight is 236 g/mol. The molecule has 0 radical (unpaired) electrons. The van der Waals surface area contributed by atoms with Gasteiger partial charge in [0, 0.05) is 18.3 Å². The third kappa shape index (κ3) is 4.87. The topological polar surface area (TPSA) is 61.4 Å². The van der Waals surface area contributed by atoms with Gasteiger partial charge >= 0.3 is 6.03 Å². The molecular weight excluding hydrogens is 216 g/mol. The molecule has 0 bridgehead atoms. The fraction of sp³-hybridized carbons (Fsp3) is 0.462. The molecule has 94 valence electrons. The molecule has 0 heterocycles. The average Bonchev–Trinajstić information content (AvgIpc) is 2.14. The fourth-order valence-corrected chi connectivity index (χ4v) is 1.70. The van der Waals surface area contributed by atoms with Crippen LogP contribution in [-0.4, -0.2) is 23.8 Å². The molecule has 0 aliphatic carbocycles. The summed E-state index contributed by atoms with van der Waals surface area (Å²) in [6, 6.07) is 5.62. The van der Waals surface area contributed by atoms with E-state index in [4.69, 9.17) is 5.11 Å². The number of anilines is 1. The number of aliphatic hydroxyl groups is 1.